The number of anilines is 2. The van der Waals surface area contributed by atoms with Gasteiger partial charge in [-0.2, -0.15) is 0 Å². The molecule has 1 aromatic heterocycles. The molecule has 5 nitrogen and oxygen atoms in total. The fraction of sp³-hybridized carbons (Fsp3) is 0.227. The zero-order valence-corrected chi connectivity index (χ0v) is 16.5. The monoisotopic (exact) mass is 392 g/mol. The minimum Gasteiger partial charge on any atom is -0.397 e. The Balaban J connectivity index is 1.35. The Morgan fingerprint density at radius 2 is 1.79 bits per heavy atom. The number of hydrogen-bond donors (Lipinski definition) is 2. The number of carbonyl (C=O) groups excluding carboxylic acids is 1. The van der Waals surface area contributed by atoms with Crippen LogP contribution in [0, 0.1) is 0 Å². The predicted molar refractivity (Wildman–Crippen MR) is 116 cm³/mol. The first-order valence-electron chi connectivity index (χ1n) is 9.44. The Labute approximate surface area is 169 Å². The number of urea groups is 1. The van der Waals surface area contributed by atoms with E-state index in [2.05, 4.69) is 40.5 Å². The molecule has 1 aliphatic heterocycles. The minimum atomic E-state index is -0.0885. The van der Waals surface area contributed by atoms with Gasteiger partial charge in [0.05, 0.1) is 11.4 Å². The minimum absolute atomic E-state index is 0.0885. The van der Waals surface area contributed by atoms with Crippen LogP contribution in [0.25, 0.3) is 10.4 Å². The van der Waals surface area contributed by atoms with Crippen LogP contribution in [0.4, 0.5) is 16.2 Å². The van der Waals surface area contributed by atoms with Gasteiger partial charge in [0.2, 0.25) is 0 Å². The van der Waals surface area contributed by atoms with Crippen molar-refractivity contribution in [3.8, 4) is 10.4 Å². The molecule has 0 aliphatic carbocycles. The highest BCUT2D eigenvalue weighted by Gasteiger charge is 2.21. The number of piperazine rings is 1. The second kappa shape index (κ2) is 8.46. The summed E-state index contributed by atoms with van der Waals surface area (Å²) in [5.41, 5.74) is 9.71. The molecule has 0 atom stereocenters. The van der Waals surface area contributed by atoms with E-state index >= 15 is 0 Å². The van der Waals surface area contributed by atoms with Crippen molar-refractivity contribution in [2.75, 3.05) is 37.2 Å². The van der Waals surface area contributed by atoms with Crippen molar-refractivity contribution in [1.82, 2.24) is 9.80 Å². The van der Waals surface area contributed by atoms with E-state index in [1.165, 1.54) is 5.56 Å². The van der Waals surface area contributed by atoms with Crippen LogP contribution >= 0.6 is 11.3 Å². The van der Waals surface area contributed by atoms with Gasteiger partial charge in [-0.3, -0.25) is 4.90 Å². The Morgan fingerprint density at radius 3 is 2.50 bits per heavy atom. The number of amides is 2. The molecule has 4 rings (SSSR count). The van der Waals surface area contributed by atoms with E-state index in [1.807, 2.05) is 40.6 Å². The molecule has 144 valence electrons. The molecule has 3 N–H and O–H groups in total. The quantitative estimate of drug-likeness (QED) is 0.649. The Hall–Kier alpha value is -2.83. The van der Waals surface area contributed by atoms with Crippen LogP contribution in [0.2, 0.25) is 0 Å². The Bertz CT molecular complexity index is 919. The molecule has 28 heavy (non-hydrogen) atoms. The van der Waals surface area contributed by atoms with Crippen molar-refractivity contribution >= 4 is 28.7 Å². The molecular weight excluding hydrogens is 368 g/mol. The van der Waals surface area contributed by atoms with Crippen LogP contribution < -0.4 is 11.1 Å². The number of hydrogen-bond acceptors (Lipinski definition) is 4. The van der Waals surface area contributed by atoms with E-state index in [0.717, 1.165) is 30.1 Å². The summed E-state index contributed by atoms with van der Waals surface area (Å²) in [5, 5.41) is 5.04. The lowest BCUT2D eigenvalue weighted by Crippen LogP contribution is -2.49. The van der Waals surface area contributed by atoms with Crippen LogP contribution in [0.5, 0.6) is 0 Å². The number of thiophene rings is 1. The highest BCUT2D eigenvalue weighted by molar-refractivity contribution is 7.13. The summed E-state index contributed by atoms with van der Waals surface area (Å²) in [6.45, 7) is 4.08. The molecule has 0 bridgehead atoms. The summed E-state index contributed by atoms with van der Waals surface area (Å²) in [4.78, 5) is 18.1. The van der Waals surface area contributed by atoms with Gasteiger partial charge in [-0.1, -0.05) is 42.5 Å². The van der Waals surface area contributed by atoms with Crippen molar-refractivity contribution in [2.24, 2.45) is 0 Å². The zero-order chi connectivity index (χ0) is 19.3. The molecule has 2 aromatic carbocycles. The molecule has 1 saturated heterocycles. The van der Waals surface area contributed by atoms with E-state index in [-0.39, 0.29) is 6.03 Å². The van der Waals surface area contributed by atoms with Gasteiger partial charge in [-0.15, -0.1) is 11.3 Å². The topological polar surface area (TPSA) is 61.6 Å². The predicted octanol–water partition coefficient (Wildman–Crippen LogP) is 4.35. The summed E-state index contributed by atoms with van der Waals surface area (Å²) in [7, 11) is 0. The Kier molecular flexibility index (Phi) is 5.60. The van der Waals surface area contributed by atoms with Crippen LogP contribution in [-0.4, -0.2) is 42.0 Å². The lowest BCUT2D eigenvalue weighted by molar-refractivity contribution is 0.143. The third-order valence-electron chi connectivity index (χ3n) is 5.01. The lowest BCUT2D eigenvalue weighted by atomic mass is 10.1. The molecule has 2 heterocycles. The summed E-state index contributed by atoms with van der Waals surface area (Å²) >= 11 is 1.67. The summed E-state index contributed by atoms with van der Waals surface area (Å²) in [6.07, 6.45) is 0. The second-order valence-corrected chi connectivity index (χ2v) is 7.91. The van der Waals surface area contributed by atoms with E-state index in [9.17, 15) is 4.79 Å². The van der Waals surface area contributed by atoms with Gasteiger partial charge < -0.3 is 16.0 Å². The van der Waals surface area contributed by atoms with E-state index in [0.29, 0.717) is 24.5 Å². The first-order chi connectivity index (χ1) is 13.7. The molecule has 0 radical (unpaired) electrons. The largest absolute Gasteiger partial charge is 0.397 e. The number of rotatable bonds is 4. The maximum absolute atomic E-state index is 12.7. The van der Waals surface area contributed by atoms with Crippen molar-refractivity contribution in [3.05, 3.63) is 71.6 Å². The molecule has 0 saturated carbocycles. The first kappa shape index (κ1) is 18.5. The van der Waals surface area contributed by atoms with E-state index in [4.69, 9.17) is 5.73 Å². The zero-order valence-electron chi connectivity index (χ0n) is 15.7. The van der Waals surface area contributed by atoms with Gasteiger partial charge in [0.15, 0.2) is 0 Å². The van der Waals surface area contributed by atoms with Gasteiger partial charge in [-0.05, 0) is 34.7 Å². The summed E-state index contributed by atoms with van der Waals surface area (Å²) in [6, 6.07) is 20.2. The third kappa shape index (κ3) is 4.35. The van der Waals surface area contributed by atoms with E-state index < -0.39 is 0 Å². The maximum Gasteiger partial charge on any atom is 0.321 e. The average molecular weight is 393 g/mol. The van der Waals surface area contributed by atoms with Gasteiger partial charge in [0, 0.05) is 37.6 Å². The number of carbonyl (C=O) groups is 1. The number of nitrogen functional groups attached to an aromatic ring is 1. The second-order valence-electron chi connectivity index (χ2n) is 6.96. The normalized spacial score (nSPS) is 14.8. The highest BCUT2D eigenvalue weighted by atomic mass is 32.1. The Morgan fingerprint density at radius 1 is 1.00 bits per heavy atom. The molecule has 6 heteroatoms. The van der Waals surface area contributed by atoms with Crippen LogP contribution in [0.15, 0.2) is 66.0 Å². The van der Waals surface area contributed by atoms with Gasteiger partial charge in [0.1, 0.15) is 0 Å². The number of benzene rings is 2. The van der Waals surface area contributed by atoms with Crippen LogP contribution in [0.1, 0.15) is 5.56 Å². The first-order valence-corrected chi connectivity index (χ1v) is 10.3. The van der Waals surface area contributed by atoms with Crippen molar-refractivity contribution in [2.45, 2.75) is 6.54 Å². The summed E-state index contributed by atoms with van der Waals surface area (Å²) in [5.74, 6) is 0. The van der Waals surface area contributed by atoms with Gasteiger partial charge in [0.25, 0.3) is 0 Å². The average Bonchev–Trinajstić information content (AvgIpc) is 3.26. The molecule has 2 amide bonds. The molecule has 1 aliphatic rings. The number of nitrogens with zero attached hydrogens (tertiary/aromatic N) is 2. The van der Waals surface area contributed by atoms with Gasteiger partial charge >= 0.3 is 6.03 Å². The van der Waals surface area contributed by atoms with Crippen LogP contribution in [-0.2, 0) is 6.54 Å². The highest BCUT2D eigenvalue weighted by Crippen LogP contribution is 2.30. The molecule has 0 spiro atoms. The molecular formula is C22H24N4OS. The fourth-order valence-corrected chi connectivity index (χ4v) is 4.13. The standard InChI is InChI=1S/C22H24N4OS/c23-19-9-8-18(21-7-4-14-28-21)15-20(19)24-22(27)26-12-10-25(11-13-26)16-17-5-2-1-3-6-17/h1-9,14-15H,10-13,16,23H2,(H,24,27). The summed E-state index contributed by atoms with van der Waals surface area (Å²) < 4.78 is 0. The van der Waals surface area contributed by atoms with Gasteiger partial charge in [-0.25, -0.2) is 4.79 Å². The maximum atomic E-state index is 12.7. The van der Waals surface area contributed by atoms with Crippen molar-refractivity contribution in [1.29, 1.82) is 0 Å². The molecule has 3 aromatic rings. The molecule has 0 unspecified atom stereocenters. The molecule has 1 fully saturated rings. The lowest BCUT2D eigenvalue weighted by Gasteiger charge is -2.34. The van der Waals surface area contributed by atoms with Crippen molar-refractivity contribution < 1.29 is 4.79 Å². The van der Waals surface area contributed by atoms with Crippen LogP contribution in [0.3, 0.4) is 0 Å². The van der Waals surface area contributed by atoms with E-state index in [1.54, 1.807) is 11.3 Å². The SMILES string of the molecule is Nc1ccc(-c2cccs2)cc1NC(=O)N1CCN(Cc2ccccc2)CC1. The smallest absolute Gasteiger partial charge is 0.321 e. The fourth-order valence-electron chi connectivity index (χ4n) is 3.41. The van der Waals surface area contributed by atoms with Crippen molar-refractivity contribution in [3.63, 3.8) is 0 Å². The number of nitrogens with two attached hydrogens (primary N) is 1. The third-order valence-corrected chi connectivity index (χ3v) is 5.93. The number of nitrogens with one attached hydrogen (secondary N) is 1.